The van der Waals surface area contributed by atoms with Crippen molar-refractivity contribution in [2.75, 3.05) is 33.5 Å². The molecule has 4 nitrogen and oxygen atoms in total. The number of ether oxygens (including phenoxy) is 3. The van der Waals surface area contributed by atoms with Gasteiger partial charge in [-0.1, -0.05) is 43.9 Å². The molecule has 0 spiro atoms. The third-order valence-corrected chi connectivity index (χ3v) is 7.50. The second kappa shape index (κ2) is 15.6. The zero-order valence-electron chi connectivity index (χ0n) is 23.1. The van der Waals surface area contributed by atoms with E-state index in [2.05, 4.69) is 62.9 Å². The van der Waals surface area contributed by atoms with Crippen LogP contribution in [0.2, 0.25) is 0 Å². The van der Waals surface area contributed by atoms with Crippen molar-refractivity contribution in [1.29, 1.82) is 0 Å². The molecule has 0 unspecified atom stereocenters. The van der Waals surface area contributed by atoms with Gasteiger partial charge in [-0.05, 0) is 104 Å². The van der Waals surface area contributed by atoms with Gasteiger partial charge in [0, 0.05) is 19.6 Å². The molecule has 37 heavy (non-hydrogen) atoms. The van der Waals surface area contributed by atoms with Crippen LogP contribution in [0.3, 0.4) is 0 Å². The molecule has 1 aliphatic rings. The van der Waals surface area contributed by atoms with Crippen LogP contribution in [0, 0.1) is 5.92 Å². The molecule has 3 rings (SSSR count). The molecule has 0 heterocycles. The topological polar surface area (TPSA) is 47.9 Å². The van der Waals surface area contributed by atoms with Crippen molar-refractivity contribution in [2.24, 2.45) is 5.92 Å². The predicted octanol–water partition coefficient (Wildman–Crippen LogP) is 7.89. The molecular weight excluding hydrogens is 460 g/mol. The van der Waals surface area contributed by atoms with Crippen molar-refractivity contribution in [1.82, 2.24) is 0 Å². The number of hydrogen-bond donors (Lipinski definition) is 1. The first-order valence-electron chi connectivity index (χ1n) is 14.0. The summed E-state index contributed by atoms with van der Waals surface area (Å²) in [5.41, 5.74) is 5.94. The van der Waals surface area contributed by atoms with E-state index in [0.29, 0.717) is 32.2 Å². The lowest BCUT2D eigenvalue weighted by Crippen LogP contribution is -2.13. The highest BCUT2D eigenvalue weighted by molar-refractivity contribution is 5.71. The van der Waals surface area contributed by atoms with E-state index in [-0.39, 0.29) is 6.61 Å². The van der Waals surface area contributed by atoms with E-state index in [1.54, 1.807) is 7.11 Å². The fourth-order valence-corrected chi connectivity index (χ4v) is 5.25. The zero-order valence-corrected chi connectivity index (χ0v) is 23.1. The second-order valence-corrected chi connectivity index (χ2v) is 10.2. The largest absolute Gasteiger partial charge is 0.493 e. The van der Waals surface area contributed by atoms with Crippen molar-refractivity contribution in [3.8, 4) is 22.6 Å². The number of allylic oxidation sites excluding steroid dienone is 2. The molecule has 4 heteroatoms. The summed E-state index contributed by atoms with van der Waals surface area (Å²) >= 11 is 0. The number of aliphatic hydroxyl groups excluding tert-OH is 1. The second-order valence-electron chi connectivity index (χ2n) is 10.2. The molecule has 0 aliphatic heterocycles. The Morgan fingerprint density at radius 3 is 2.38 bits per heavy atom. The molecule has 2 aromatic rings. The fourth-order valence-electron chi connectivity index (χ4n) is 5.25. The van der Waals surface area contributed by atoms with Gasteiger partial charge in [0.15, 0.2) is 0 Å². The van der Waals surface area contributed by atoms with Crippen molar-refractivity contribution in [2.45, 2.75) is 71.1 Å². The molecule has 0 saturated heterocycles. The van der Waals surface area contributed by atoms with Crippen molar-refractivity contribution >= 4 is 0 Å². The molecule has 0 atom stereocenters. The molecule has 2 aromatic carbocycles. The van der Waals surface area contributed by atoms with Gasteiger partial charge in [-0.25, -0.2) is 0 Å². The molecule has 202 valence electrons. The Morgan fingerprint density at radius 1 is 1.00 bits per heavy atom. The van der Waals surface area contributed by atoms with E-state index in [4.69, 9.17) is 14.2 Å². The Balaban J connectivity index is 1.77. The lowest BCUT2D eigenvalue weighted by Gasteiger charge is -2.29. The number of hydrogen-bond acceptors (Lipinski definition) is 4. The van der Waals surface area contributed by atoms with E-state index in [0.717, 1.165) is 35.0 Å². The van der Waals surface area contributed by atoms with Gasteiger partial charge >= 0.3 is 0 Å². The minimum atomic E-state index is -0.0150. The third kappa shape index (κ3) is 9.05. The molecule has 1 N–H and O–H groups in total. The van der Waals surface area contributed by atoms with Gasteiger partial charge < -0.3 is 19.3 Å². The van der Waals surface area contributed by atoms with Gasteiger partial charge in [-0.3, -0.25) is 0 Å². The number of benzene rings is 2. The fraction of sp³-hybridized carbons (Fsp3) is 0.515. The maximum absolute atomic E-state index is 9.23. The minimum Gasteiger partial charge on any atom is -0.493 e. The Labute approximate surface area is 224 Å². The summed E-state index contributed by atoms with van der Waals surface area (Å²) in [6, 6.07) is 13.2. The summed E-state index contributed by atoms with van der Waals surface area (Å²) in [7, 11) is 1.67. The van der Waals surface area contributed by atoms with Gasteiger partial charge in [0.05, 0.1) is 19.8 Å². The lowest BCUT2D eigenvalue weighted by atomic mass is 9.76. The number of methoxy groups -OCH3 is 1. The third-order valence-electron chi connectivity index (χ3n) is 7.50. The lowest BCUT2D eigenvalue weighted by molar-refractivity contribution is 0.146. The van der Waals surface area contributed by atoms with Crippen LogP contribution in [0.1, 0.15) is 75.8 Å². The Bertz CT molecular complexity index is 1000. The van der Waals surface area contributed by atoms with Gasteiger partial charge in [-0.2, -0.15) is 0 Å². The van der Waals surface area contributed by atoms with Crippen LogP contribution < -0.4 is 9.47 Å². The van der Waals surface area contributed by atoms with E-state index in [1.807, 2.05) is 6.07 Å². The quantitative estimate of drug-likeness (QED) is 0.197. The van der Waals surface area contributed by atoms with E-state index in [9.17, 15) is 5.11 Å². The summed E-state index contributed by atoms with van der Waals surface area (Å²) in [4.78, 5) is 0. The standard InChI is InChI=1S/C33H46O4/c1-5-7-8-9-26-10-12-28(13-11-26)29-14-15-33(27(6-2)20-29)30-21-31(36-17-16-25(3)24-34)23-32(22-30)37-19-18-35-4/h5,7,14-15,20-23,26,28,34H,3,6,8-13,16-19,24H2,1-2,4H3/b7-5+. The summed E-state index contributed by atoms with van der Waals surface area (Å²) in [6.07, 6.45) is 13.9. The Hall–Kier alpha value is -2.56. The molecule has 0 aromatic heterocycles. The molecule has 1 fully saturated rings. The van der Waals surface area contributed by atoms with Crippen LogP contribution in [0.5, 0.6) is 11.5 Å². The molecule has 0 radical (unpaired) electrons. The first-order chi connectivity index (χ1) is 18.1. The van der Waals surface area contributed by atoms with E-state index >= 15 is 0 Å². The van der Waals surface area contributed by atoms with Crippen LogP contribution in [-0.2, 0) is 11.2 Å². The average Bonchev–Trinajstić information content (AvgIpc) is 2.93. The Morgan fingerprint density at radius 2 is 1.73 bits per heavy atom. The van der Waals surface area contributed by atoms with E-state index in [1.165, 1.54) is 55.2 Å². The van der Waals surface area contributed by atoms with Gasteiger partial charge in [0.1, 0.15) is 18.1 Å². The van der Waals surface area contributed by atoms with Crippen LogP contribution in [0.4, 0.5) is 0 Å². The van der Waals surface area contributed by atoms with Crippen molar-refractivity contribution in [3.05, 3.63) is 71.8 Å². The monoisotopic (exact) mass is 506 g/mol. The molecule has 1 saturated carbocycles. The SMILES string of the molecule is C=C(CO)CCOc1cc(OCCOC)cc(-c2ccc(C3CCC(CC/C=C/C)CC3)cc2CC)c1. The highest BCUT2D eigenvalue weighted by Crippen LogP contribution is 2.40. The Kier molecular flexibility index (Phi) is 12.3. The minimum absolute atomic E-state index is 0.0150. The normalized spacial score (nSPS) is 17.7. The maximum Gasteiger partial charge on any atom is 0.123 e. The maximum atomic E-state index is 9.23. The number of aliphatic hydroxyl groups is 1. The summed E-state index contributed by atoms with van der Waals surface area (Å²) in [5.74, 6) is 3.08. The number of rotatable bonds is 15. The van der Waals surface area contributed by atoms with Gasteiger partial charge in [0.25, 0.3) is 0 Å². The summed E-state index contributed by atoms with van der Waals surface area (Å²) < 4.78 is 17.2. The molecule has 0 amide bonds. The predicted molar refractivity (Wildman–Crippen MR) is 154 cm³/mol. The number of aryl methyl sites for hydroxylation is 1. The first-order valence-corrected chi connectivity index (χ1v) is 14.0. The average molecular weight is 507 g/mol. The molecule has 0 bridgehead atoms. The smallest absolute Gasteiger partial charge is 0.123 e. The zero-order chi connectivity index (χ0) is 26.5. The van der Waals surface area contributed by atoms with E-state index < -0.39 is 0 Å². The van der Waals surface area contributed by atoms with Crippen LogP contribution in [-0.4, -0.2) is 38.6 Å². The molecular formula is C33H46O4. The highest BCUT2D eigenvalue weighted by atomic mass is 16.5. The van der Waals surface area contributed by atoms with Crippen LogP contribution >= 0.6 is 0 Å². The molecule has 1 aliphatic carbocycles. The van der Waals surface area contributed by atoms with Crippen molar-refractivity contribution < 1.29 is 19.3 Å². The summed E-state index contributed by atoms with van der Waals surface area (Å²) in [6.45, 7) is 9.67. The van der Waals surface area contributed by atoms with Crippen molar-refractivity contribution in [3.63, 3.8) is 0 Å². The van der Waals surface area contributed by atoms with Gasteiger partial charge in [0.2, 0.25) is 0 Å². The van der Waals surface area contributed by atoms with Crippen LogP contribution in [0.15, 0.2) is 60.7 Å². The van der Waals surface area contributed by atoms with Gasteiger partial charge in [-0.15, -0.1) is 0 Å². The first kappa shape index (κ1) is 29.0. The summed E-state index contributed by atoms with van der Waals surface area (Å²) in [5, 5.41) is 9.23. The highest BCUT2D eigenvalue weighted by Gasteiger charge is 2.22. The van der Waals surface area contributed by atoms with Crippen LogP contribution in [0.25, 0.3) is 11.1 Å².